The predicted molar refractivity (Wildman–Crippen MR) is 105 cm³/mol. The number of aromatic nitrogens is 1. The molecule has 0 spiro atoms. The van der Waals surface area contributed by atoms with Gasteiger partial charge in [-0.3, -0.25) is 9.78 Å². The number of nitrogens with zero attached hydrogens (tertiary/aromatic N) is 1. The second kappa shape index (κ2) is 7.03. The van der Waals surface area contributed by atoms with Gasteiger partial charge in [0.25, 0.3) is 0 Å². The summed E-state index contributed by atoms with van der Waals surface area (Å²) in [6.45, 7) is 0. The molecule has 1 aliphatic rings. The molecule has 0 radical (unpaired) electrons. The number of fused-ring (bicyclic) bond motifs is 1. The maximum atomic E-state index is 11.1. The molecule has 1 aliphatic carbocycles. The topological polar surface area (TPSA) is 77.9 Å². The van der Waals surface area contributed by atoms with E-state index in [9.17, 15) is 4.79 Å². The highest BCUT2D eigenvalue weighted by Gasteiger charge is 2.45. The third-order valence-electron chi connectivity index (χ3n) is 5.24. The zero-order valence-electron chi connectivity index (χ0n) is 15.8. The van der Waals surface area contributed by atoms with Crippen LogP contribution < -0.4 is 14.2 Å². The molecule has 144 valence electrons. The Bertz CT molecular complexity index is 1030. The van der Waals surface area contributed by atoms with E-state index in [2.05, 4.69) is 4.98 Å². The van der Waals surface area contributed by atoms with Crippen molar-refractivity contribution in [3.8, 4) is 23.0 Å². The molecule has 28 heavy (non-hydrogen) atoms. The minimum atomic E-state index is -0.759. The molecule has 1 saturated carbocycles. The van der Waals surface area contributed by atoms with Gasteiger partial charge in [0.05, 0.1) is 26.2 Å². The third-order valence-corrected chi connectivity index (χ3v) is 5.24. The number of aliphatic carboxylic acids is 1. The first-order valence-electron chi connectivity index (χ1n) is 9.05. The molecule has 4 rings (SSSR count). The molecule has 0 saturated heterocycles. The van der Waals surface area contributed by atoms with Gasteiger partial charge < -0.3 is 19.3 Å². The van der Waals surface area contributed by atoms with Crippen molar-refractivity contribution in [3.05, 3.63) is 54.2 Å². The molecule has 1 heterocycles. The summed E-state index contributed by atoms with van der Waals surface area (Å²) < 4.78 is 16.8. The summed E-state index contributed by atoms with van der Waals surface area (Å²) in [6.07, 6.45) is 3.68. The van der Waals surface area contributed by atoms with Gasteiger partial charge in [0.2, 0.25) is 0 Å². The number of ether oxygens (including phenoxy) is 3. The summed E-state index contributed by atoms with van der Waals surface area (Å²) in [5, 5.41) is 9.94. The standard InChI is InChI=1S/C22H21NO5/c1-26-19-11-16-17(12-20(19)27-2)23-10-7-18(16)28-15-5-3-14(4-6-15)22(8-9-22)13-21(24)25/h3-7,10-12H,8-9,13H2,1-2H3,(H,24,25). The van der Waals surface area contributed by atoms with E-state index in [1.807, 2.05) is 36.4 Å². The first kappa shape index (κ1) is 18.1. The molecule has 1 aromatic heterocycles. The Balaban J connectivity index is 1.62. The molecule has 3 aromatic rings. The van der Waals surface area contributed by atoms with Crippen molar-refractivity contribution < 1.29 is 24.1 Å². The van der Waals surface area contributed by atoms with E-state index in [4.69, 9.17) is 19.3 Å². The molecule has 0 bridgehead atoms. The van der Waals surface area contributed by atoms with E-state index in [0.29, 0.717) is 23.0 Å². The van der Waals surface area contributed by atoms with Crippen molar-refractivity contribution in [3.63, 3.8) is 0 Å². The maximum Gasteiger partial charge on any atom is 0.304 e. The first-order chi connectivity index (χ1) is 13.5. The Hall–Kier alpha value is -3.28. The van der Waals surface area contributed by atoms with Crippen LogP contribution in [0.4, 0.5) is 0 Å². The highest BCUT2D eigenvalue weighted by molar-refractivity contribution is 5.88. The summed E-state index contributed by atoms with van der Waals surface area (Å²) in [6, 6.07) is 13.1. The lowest BCUT2D eigenvalue weighted by molar-refractivity contribution is -0.137. The van der Waals surface area contributed by atoms with Gasteiger partial charge in [-0.05, 0) is 42.7 Å². The number of hydrogen-bond donors (Lipinski definition) is 1. The molecule has 2 aromatic carbocycles. The smallest absolute Gasteiger partial charge is 0.304 e. The zero-order chi connectivity index (χ0) is 19.7. The van der Waals surface area contributed by atoms with Crippen LogP contribution in [0.1, 0.15) is 24.8 Å². The Kier molecular flexibility index (Phi) is 4.55. The van der Waals surface area contributed by atoms with Crippen molar-refractivity contribution >= 4 is 16.9 Å². The highest BCUT2D eigenvalue weighted by atomic mass is 16.5. The van der Waals surface area contributed by atoms with Crippen molar-refractivity contribution in [1.29, 1.82) is 0 Å². The first-order valence-corrected chi connectivity index (χ1v) is 9.05. The van der Waals surface area contributed by atoms with E-state index < -0.39 is 5.97 Å². The van der Waals surface area contributed by atoms with E-state index in [1.165, 1.54) is 0 Å². The number of methoxy groups -OCH3 is 2. The zero-order valence-corrected chi connectivity index (χ0v) is 15.8. The van der Waals surface area contributed by atoms with Crippen LogP contribution in [-0.4, -0.2) is 30.3 Å². The van der Waals surface area contributed by atoms with Crippen molar-refractivity contribution in [1.82, 2.24) is 4.98 Å². The second-order valence-corrected chi connectivity index (χ2v) is 7.01. The number of pyridine rings is 1. The second-order valence-electron chi connectivity index (χ2n) is 7.01. The number of carboxylic acid groups (broad SMARTS) is 1. The number of carboxylic acids is 1. The van der Waals surface area contributed by atoms with Crippen LogP contribution in [0.2, 0.25) is 0 Å². The SMILES string of the molecule is COc1cc2nccc(Oc3ccc(C4(CC(=O)O)CC4)cc3)c2cc1OC. The molecule has 1 fully saturated rings. The Morgan fingerprint density at radius 2 is 1.71 bits per heavy atom. The number of hydrogen-bond acceptors (Lipinski definition) is 5. The van der Waals surface area contributed by atoms with Crippen LogP contribution in [0.25, 0.3) is 10.9 Å². The van der Waals surface area contributed by atoms with Crippen molar-refractivity contribution in [2.75, 3.05) is 14.2 Å². The monoisotopic (exact) mass is 379 g/mol. The van der Waals surface area contributed by atoms with Gasteiger partial charge in [0.1, 0.15) is 11.5 Å². The van der Waals surface area contributed by atoms with E-state index >= 15 is 0 Å². The number of carbonyl (C=O) groups is 1. The van der Waals surface area contributed by atoms with Crippen molar-refractivity contribution in [2.45, 2.75) is 24.7 Å². The molecule has 0 aliphatic heterocycles. The van der Waals surface area contributed by atoms with Crippen LogP contribution in [-0.2, 0) is 10.2 Å². The molecule has 6 heteroatoms. The van der Waals surface area contributed by atoms with Crippen molar-refractivity contribution in [2.24, 2.45) is 0 Å². The van der Waals surface area contributed by atoms with Crippen LogP contribution in [0.15, 0.2) is 48.7 Å². The minimum absolute atomic E-state index is 0.170. The molecular weight excluding hydrogens is 358 g/mol. The van der Waals surface area contributed by atoms with E-state index in [-0.39, 0.29) is 11.8 Å². The average molecular weight is 379 g/mol. The quantitative estimate of drug-likeness (QED) is 0.649. The van der Waals surface area contributed by atoms with Gasteiger partial charge in [-0.15, -0.1) is 0 Å². The average Bonchev–Trinajstić information content (AvgIpc) is 3.47. The fourth-order valence-electron chi connectivity index (χ4n) is 3.55. The molecule has 1 N–H and O–H groups in total. The fourth-order valence-corrected chi connectivity index (χ4v) is 3.55. The normalized spacial score (nSPS) is 14.5. The summed E-state index contributed by atoms with van der Waals surface area (Å²) >= 11 is 0. The summed E-state index contributed by atoms with van der Waals surface area (Å²) in [5.74, 6) is 1.79. The van der Waals surface area contributed by atoms with E-state index in [1.54, 1.807) is 26.5 Å². The van der Waals surface area contributed by atoms with E-state index in [0.717, 1.165) is 29.3 Å². The highest BCUT2D eigenvalue weighted by Crippen LogP contribution is 2.51. The van der Waals surface area contributed by atoms with Crippen LogP contribution in [0, 0.1) is 0 Å². The maximum absolute atomic E-state index is 11.1. The molecular formula is C22H21NO5. The largest absolute Gasteiger partial charge is 0.493 e. The fraction of sp³-hybridized carbons (Fsp3) is 0.273. The van der Waals surface area contributed by atoms with Crippen LogP contribution in [0.3, 0.4) is 0 Å². The summed E-state index contributed by atoms with van der Waals surface area (Å²) in [4.78, 5) is 15.5. The lowest BCUT2D eigenvalue weighted by Gasteiger charge is -2.15. The van der Waals surface area contributed by atoms with Gasteiger partial charge in [-0.1, -0.05) is 12.1 Å². The van der Waals surface area contributed by atoms with Gasteiger partial charge in [-0.25, -0.2) is 0 Å². The van der Waals surface area contributed by atoms with Gasteiger partial charge in [0, 0.05) is 23.1 Å². The van der Waals surface area contributed by atoms with Gasteiger partial charge in [-0.2, -0.15) is 0 Å². The predicted octanol–water partition coefficient (Wildman–Crippen LogP) is 4.55. The van der Waals surface area contributed by atoms with Gasteiger partial charge >= 0.3 is 5.97 Å². The minimum Gasteiger partial charge on any atom is -0.493 e. The van der Waals surface area contributed by atoms with Crippen LogP contribution in [0.5, 0.6) is 23.0 Å². The Morgan fingerprint density at radius 3 is 2.32 bits per heavy atom. The molecule has 0 unspecified atom stereocenters. The summed E-state index contributed by atoms with van der Waals surface area (Å²) in [7, 11) is 3.17. The lowest BCUT2D eigenvalue weighted by atomic mass is 9.92. The molecule has 6 nitrogen and oxygen atoms in total. The third kappa shape index (κ3) is 3.33. The molecule has 0 amide bonds. The lowest BCUT2D eigenvalue weighted by Crippen LogP contribution is -2.12. The Morgan fingerprint density at radius 1 is 1.04 bits per heavy atom. The number of benzene rings is 2. The Labute approximate surface area is 162 Å². The number of rotatable bonds is 7. The van der Waals surface area contributed by atoms with Gasteiger partial charge in [0.15, 0.2) is 11.5 Å². The summed E-state index contributed by atoms with van der Waals surface area (Å²) in [5.41, 5.74) is 1.58. The van der Waals surface area contributed by atoms with Crippen LogP contribution >= 0.6 is 0 Å². The molecule has 0 atom stereocenters.